The maximum Gasteiger partial charge on any atom is 0.133 e. The second-order valence-electron chi connectivity index (χ2n) is 5.82. The molecular weight excluding hydrogens is 403 g/mol. The van der Waals surface area contributed by atoms with Crippen molar-refractivity contribution in [2.75, 3.05) is 12.4 Å². The van der Waals surface area contributed by atoms with Crippen molar-refractivity contribution < 1.29 is 9.13 Å². The summed E-state index contributed by atoms with van der Waals surface area (Å²) in [6.07, 6.45) is 0. The van der Waals surface area contributed by atoms with Gasteiger partial charge in [-0.1, -0.05) is 11.6 Å². The van der Waals surface area contributed by atoms with Crippen LogP contribution in [-0.2, 0) is 4.74 Å². The highest BCUT2D eigenvalue weighted by atomic mass is 79.9. The summed E-state index contributed by atoms with van der Waals surface area (Å²) in [7, 11) is 0. The molecular formula is C16H17BrClFN2OS. The fourth-order valence-electron chi connectivity index (χ4n) is 1.77. The third kappa shape index (κ3) is 5.71. The van der Waals surface area contributed by atoms with Crippen molar-refractivity contribution in [3.63, 3.8) is 0 Å². The van der Waals surface area contributed by atoms with Gasteiger partial charge in [0.05, 0.1) is 22.4 Å². The number of halogens is 3. The van der Waals surface area contributed by atoms with E-state index in [1.54, 1.807) is 6.07 Å². The summed E-state index contributed by atoms with van der Waals surface area (Å²) in [5.41, 5.74) is 0.614. The van der Waals surface area contributed by atoms with Crippen molar-refractivity contribution in [2.24, 2.45) is 0 Å². The minimum Gasteiger partial charge on any atom is -0.375 e. The molecule has 2 aromatic rings. The van der Waals surface area contributed by atoms with E-state index in [4.69, 9.17) is 16.3 Å². The predicted octanol–water partition coefficient (Wildman–Crippen LogP) is 5.61. The van der Waals surface area contributed by atoms with E-state index in [1.807, 2.05) is 20.8 Å². The van der Waals surface area contributed by atoms with E-state index in [2.05, 4.69) is 26.1 Å². The highest BCUT2D eigenvalue weighted by Crippen LogP contribution is 2.30. The fourth-order valence-corrected chi connectivity index (χ4v) is 3.23. The lowest BCUT2D eigenvalue weighted by molar-refractivity contribution is 0.00694. The Morgan fingerprint density at radius 1 is 1.26 bits per heavy atom. The summed E-state index contributed by atoms with van der Waals surface area (Å²) in [5, 5.41) is 9.46. The van der Waals surface area contributed by atoms with Crippen LogP contribution in [0.1, 0.15) is 20.8 Å². The van der Waals surface area contributed by atoms with Crippen LogP contribution < -0.4 is 0 Å². The van der Waals surface area contributed by atoms with E-state index in [0.29, 0.717) is 22.9 Å². The van der Waals surface area contributed by atoms with E-state index in [-0.39, 0.29) is 11.4 Å². The molecule has 2 rings (SSSR count). The molecule has 0 aliphatic heterocycles. The highest BCUT2D eigenvalue weighted by Gasteiger charge is 2.13. The molecule has 0 N–H and O–H groups in total. The van der Waals surface area contributed by atoms with Gasteiger partial charge in [-0.25, -0.2) is 4.39 Å². The zero-order chi connectivity index (χ0) is 17.0. The van der Waals surface area contributed by atoms with E-state index >= 15 is 0 Å². The molecule has 0 saturated heterocycles. The summed E-state index contributed by atoms with van der Waals surface area (Å²) >= 11 is 10.9. The van der Waals surface area contributed by atoms with Gasteiger partial charge in [0.15, 0.2) is 0 Å². The van der Waals surface area contributed by atoms with Crippen LogP contribution in [0.15, 0.2) is 33.8 Å². The summed E-state index contributed by atoms with van der Waals surface area (Å²) in [5.74, 6) is 0.379. The number of benzene rings is 1. The Balaban J connectivity index is 2.07. The second-order valence-corrected chi connectivity index (χ2v) is 8.19. The Hall–Kier alpha value is -0.690. The average molecular weight is 420 g/mol. The van der Waals surface area contributed by atoms with E-state index in [1.165, 1.54) is 30.0 Å². The number of ether oxygens (including phenoxy) is 1. The van der Waals surface area contributed by atoms with Crippen molar-refractivity contribution >= 4 is 39.3 Å². The monoisotopic (exact) mass is 418 g/mol. The van der Waals surface area contributed by atoms with Crippen molar-refractivity contribution in [1.29, 1.82) is 0 Å². The number of hydrogen-bond acceptors (Lipinski definition) is 4. The van der Waals surface area contributed by atoms with Crippen LogP contribution >= 0.6 is 39.3 Å². The Morgan fingerprint density at radius 2 is 2.00 bits per heavy atom. The van der Waals surface area contributed by atoms with Crippen LogP contribution in [0, 0.1) is 5.82 Å². The predicted molar refractivity (Wildman–Crippen MR) is 96.6 cm³/mol. The van der Waals surface area contributed by atoms with Crippen LogP contribution in [0.3, 0.4) is 0 Å². The third-order valence-electron chi connectivity index (χ3n) is 2.78. The first kappa shape index (κ1) is 18.6. The molecule has 23 heavy (non-hydrogen) atoms. The molecule has 1 aromatic carbocycles. The van der Waals surface area contributed by atoms with Crippen LogP contribution in [-0.4, -0.2) is 28.2 Å². The fraction of sp³-hybridized carbons (Fsp3) is 0.375. The normalized spacial score (nSPS) is 11.7. The highest BCUT2D eigenvalue weighted by molar-refractivity contribution is 9.10. The third-order valence-corrected chi connectivity index (χ3v) is 4.83. The quantitative estimate of drug-likeness (QED) is 0.466. The van der Waals surface area contributed by atoms with Crippen molar-refractivity contribution in [3.05, 3.63) is 39.6 Å². The minimum absolute atomic E-state index is 0.155. The molecule has 0 spiro atoms. The number of aromatic nitrogens is 2. The molecule has 0 bridgehead atoms. The van der Waals surface area contributed by atoms with E-state index in [9.17, 15) is 4.39 Å². The molecule has 1 aromatic heterocycles. The topological polar surface area (TPSA) is 35.0 Å². The standard InChI is InChI=1S/C16H17BrClFN2OS/c1-16(2,3)22-6-7-23-15-12(17)9-14(20-21-15)11-8-10(18)4-5-13(11)19/h4-5,8-9H,6-7H2,1-3H3. The number of rotatable bonds is 5. The van der Waals surface area contributed by atoms with E-state index < -0.39 is 0 Å². The zero-order valence-electron chi connectivity index (χ0n) is 13.1. The van der Waals surface area contributed by atoms with E-state index in [0.717, 1.165) is 15.3 Å². The van der Waals surface area contributed by atoms with Crippen LogP contribution in [0.2, 0.25) is 5.02 Å². The van der Waals surface area contributed by atoms with Crippen LogP contribution in [0.5, 0.6) is 0 Å². The Kier molecular flexibility index (Phi) is 6.42. The first-order valence-corrected chi connectivity index (χ1v) is 9.17. The first-order chi connectivity index (χ1) is 10.8. The lowest BCUT2D eigenvalue weighted by atomic mass is 10.1. The summed E-state index contributed by atoms with van der Waals surface area (Å²) in [4.78, 5) is 0. The van der Waals surface area contributed by atoms with Crippen LogP contribution in [0.25, 0.3) is 11.3 Å². The van der Waals surface area contributed by atoms with Crippen molar-refractivity contribution in [2.45, 2.75) is 31.4 Å². The largest absolute Gasteiger partial charge is 0.375 e. The number of hydrogen-bond donors (Lipinski definition) is 0. The SMILES string of the molecule is CC(C)(C)OCCSc1nnc(-c2cc(Cl)ccc2F)cc1Br. The molecule has 7 heteroatoms. The Morgan fingerprint density at radius 3 is 2.65 bits per heavy atom. The van der Waals surface area contributed by atoms with Gasteiger partial charge < -0.3 is 4.74 Å². The zero-order valence-corrected chi connectivity index (χ0v) is 16.2. The molecule has 0 amide bonds. The lowest BCUT2D eigenvalue weighted by Gasteiger charge is -2.19. The van der Waals surface area contributed by atoms with Gasteiger partial charge >= 0.3 is 0 Å². The second kappa shape index (κ2) is 7.92. The molecule has 0 aliphatic carbocycles. The molecule has 0 aliphatic rings. The Bertz CT molecular complexity index is 694. The molecule has 3 nitrogen and oxygen atoms in total. The van der Waals surface area contributed by atoms with Gasteiger partial charge in [-0.2, -0.15) is 0 Å². The molecule has 0 atom stereocenters. The number of thioether (sulfide) groups is 1. The summed E-state index contributed by atoms with van der Waals surface area (Å²) in [6.45, 7) is 6.66. The lowest BCUT2D eigenvalue weighted by Crippen LogP contribution is -2.20. The Labute approximate surface area is 153 Å². The average Bonchev–Trinajstić information content (AvgIpc) is 2.46. The van der Waals surface area contributed by atoms with Gasteiger partial charge in [0.2, 0.25) is 0 Å². The minimum atomic E-state index is -0.380. The molecule has 0 saturated carbocycles. The van der Waals surface area contributed by atoms with Gasteiger partial charge in [-0.3, -0.25) is 0 Å². The van der Waals surface area contributed by atoms with Gasteiger partial charge in [-0.05, 0) is 61.0 Å². The van der Waals surface area contributed by atoms with Gasteiger partial charge in [0.25, 0.3) is 0 Å². The summed E-state index contributed by atoms with van der Waals surface area (Å²) < 4.78 is 20.3. The first-order valence-electron chi connectivity index (χ1n) is 7.02. The van der Waals surface area contributed by atoms with Gasteiger partial charge in [-0.15, -0.1) is 22.0 Å². The number of nitrogens with zero attached hydrogens (tertiary/aromatic N) is 2. The van der Waals surface area contributed by atoms with Gasteiger partial charge in [0, 0.05) is 16.3 Å². The van der Waals surface area contributed by atoms with Crippen LogP contribution in [0.4, 0.5) is 4.39 Å². The maximum atomic E-state index is 13.9. The molecule has 0 radical (unpaired) electrons. The smallest absolute Gasteiger partial charge is 0.133 e. The molecule has 0 unspecified atom stereocenters. The summed E-state index contributed by atoms with van der Waals surface area (Å²) in [6, 6.07) is 6.11. The van der Waals surface area contributed by atoms with Crippen molar-refractivity contribution in [3.8, 4) is 11.3 Å². The van der Waals surface area contributed by atoms with Gasteiger partial charge in [0.1, 0.15) is 10.8 Å². The molecule has 0 fully saturated rings. The molecule has 1 heterocycles. The maximum absolute atomic E-state index is 13.9. The molecule has 124 valence electrons. The van der Waals surface area contributed by atoms with Crippen molar-refractivity contribution in [1.82, 2.24) is 10.2 Å².